The van der Waals surface area contributed by atoms with Crippen molar-refractivity contribution in [2.75, 3.05) is 26.7 Å². The number of carbonyl (C=O) groups excluding carboxylic acids is 1. The number of benzene rings is 1. The number of pyridine rings is 1. The molecule has 1 atom stereocenters. The van der Waals surface area contributed by atoms with Gasteiger partial charge in [-0.15, -0.1) is 0 Å². The molecule has 0 bridgehead atoms. The Labute approximate surface area is 158 Å². The fraction of sp³-hybridized carbons (Fsp3) is 0.381. The van der Waals surface area contributed by atoms with Crippen molar-refractivity contribution in [3.63, 3.8) is 0 Å². The third-order valence-electron chi connectivity index (χ3n) is 4.99. The summed E-state index contributed by atoms with van der Waals surface area (Å²) in [7, 11) is 3.97. The molecule has 0 amide bonds. The summed E-state index contributed by atoms with van der Waals surface area (Å²) in [6.07, 6.45) is 6.47. The number of aryl methyl sites for hydroxylation is 1. The van der Waals surface area contributed by atoms with E-state index in [9.17, 15) is 4.79 Å². The molecule has 1 aliphatic heterocycles. The van der Waals surface area contributed by atoms with E-state index in [0.29, 0.717) is 19.4 Å². The van der Waals surface area contributed by atoms with Gasteiger partial charge in [-0.05, 0) is 30.1 Å². The van der Waals surface area contributed by atoms with Crippen LogP contribution in [0.1, 0.15) is 12.1 Å². The second kappa shape index (κ2) is 7.58. The van der Waals surface area contributed by atoms with Crippen LogP contribution in [0, 0.1) is 0 Å². The normalized spacial score (nSPS) is 18.1. The molecule has 0 aliphatic carbocycles. The number of likely N-dealkylation sites (N-methyl/N-ethyl adjacent to an activating group) is 1. The van der Waals surface area contributed by atoms with Gasteiger partial charge in [0.05, 0.1) is 18.9 Å². The van der Waals surface area contributed by atoms with Gasteiger partial charge in [-0.1, -0.05) is 12.1 Å². The van der Waals surface area contributed by atoms with Gasteiger partial charge in [-0.2, -0.15) is 5.10 Å². The van der Waals surface area contributed by atoms with Crippen LogP contribution in [0.15, 0.2) is 42.9 Å². The van der Waals surface area contributed by atoms with Crippen molar-refractivity contribution in [3.05, 3.63) is 48.5 Å². The number of fused-ring (bicyclic) bond motifs is 1. The number of aromatic nitrogens is 3. The van der Waals surface area contributed by atoms with E-state index in [2.05, 4.69) is 40.2 Å². The van der Waals surface area contributed by atoms with Crippen LogP contribution in [0.3, 0.4) is 0 Å². The van der Waals surface area contributed by atoms with Crippen LogP contribution in [0.5, 0.6) is 0 Å². The maximum absolute atomic E-state index is 12.5. The largest absolute Gasteiger partial charge is 0.375 e. The molecule has 140 valence electrons. The minimum atomic E-state index is -0.00566. The number of morpholine rings is 1. The molecule has 1 unspecified atom stereocenters. The topological polar surface area (TPSA) is 60.2 Å². The monoisotopic (exact) mass is 364 g/mol. The van der Waals surface area contributed by atoms with E-state index in [1.807, 2.05) is 31.7 Å². The molecule has 3 aromatic rings. The van der Waals surface area contributed by atoms with Gasteiger partial charge in [-0.25, -0.2) is 0 Å². The Morgan fingerprint density at radius 3 is 2.85 bits per heavy atom. The van der Waals surface area contributed by atoms with Crippen LogP contribution in [0.25, 0.3) is 21.9 Å². The molecule has 6 nitrogen and oxygen atoms in total. The van der Waals surface area contributed by atoms with Gasteiger partial charge in [0, 0.05) is 62.0 Å². The molecule has 1 aromatic carbocycles. The van der Waals surface area contributed by atoms with Crippen LogP contribution >= 0.6 is 0 Å². The molecule has 27 heavy (non-hydrogen) atoms. The summed E-state index contributed by atoms with van der Waals surface area (Å²) in [5, 5.41) is 6.39. The van der Waals surface area contributed by atoms with Crippen molar-refractivity contribution in [2.45, 2.75) is 18.9 Å². The SMILES string of the molecule is CN1CCOC(CC(=O)Cc2cc3cc(-c4cnn(C)c4)ccc3cn2)C1. The van der Waals surface area contributed by atoms with Gasteiger partial charge in [0.15, 0.2) is 0 Å². The molecule has 0 N–H and O–H groups in total. The Bertz CT molecular complexity index is 966. The number of nitrogens with zero attached hydrogens (tertiary/aromatic N) is 4. The second-order valence-corrected chi connectivity index (χ2v) is 7.31. The predicted octanol–water partition coefficient (Wildman–Crippen LogP) is 2.47. The number of hydrogen-bond donors (Lipinski definition) is 0. The standard InChI is InChI=1S/C21H24N4O2/c1-24-5-6-27-21(14-24)10-20(26)9-19-8-17-7-15(3-4-16(17)11-22-19)18-12-23-25(2)13-18/h3-4,7-8,11-13,21H,5-6,9-10,14H2,1-2H3. The van der Waals surface area contributed by atoms with E-state index >= 15 is 0 Å². The summed E-state index contributed by atoms with van der Waals surface area (Å²) in [4.78, 5) is 19.1. The van der Waals surface area contributed by atoms with Gasteiger partial charge in [0.25, 0.3) is 0 Å². The molecule has 1 saturated heterocycles. The van der Waals surface area contributed by atoms with E-state index in [1.54, 1.807) is 4.68 Å². The molecule has 1 fully saturated rings. The van der Waals surface area contributed by atoms with E-state index in [-0.39, 0.29) is 11.9 Å². The van der Waals surface area contributed by atoms with Crippen molar-refractivity contribution in [1.82, 2.24) is 19.7 Å². The number of hydrogen-bond acceptors (Lipinski definition) is 5. The summed E-state index contributed by atoms with van der Waals surface area (Å²) >= 11 is 0. The lowest BCUT2D eigenvalue weighted by Crippen LogP contribution is -2.41. The predicted molar refractivity (Wildman–Crippen MR) is 105 cm³/mol. The number of Topliss-reactive ketones (excluding diaryl/α,β-unsaturated/α-hetero) is 1. The van der Waals surface area contributed by atoms with Crippen molar-refractivity contribution < 1.29 is 9.53 Å². The zero-order chi connectivity index (χ0) is 18.8. The maximum atomic E-state index is 12.5. The van der Waals surface area contributed by atoms with Crippen LogP contribution < -0.4 is 0 Å². The van der Waals surface area contributed by atoms with Gasteiger partial charge < -0.3 is 9.64 Å². The summed E-state index contributed by atoms with van der Waals surface area (Å²) < 4.78 is 7.50. The van der Waals surface area contributed by atoms with Crippen LogP contribution in [0.2, 0.25) is 0 Å². The Kier molecular flexibility index (Phi) is 5.01. The third-order valence-corrected chi connectivity index (χ3v) is 4.99. The Morgan fingerprint density at radius 1 is 1.19 bits per heavy atom. The van der Waals surface area contributed by atoms with E-state index in [1.165, 1.54) is 0 Å². The first-order valence-corrected chi connectivity index (χ1v) is 9.26. The Balaban J connectivity index is 1.49. The molecule has 3 heterocycles. The van der Waals surface area contributed by atoms with Gasteiger partial charge in [-0.3, -0.25) is 14.5 Å². The lowest BCUT2D eigenvalue weighted by Gasteiger charge is -2.29. The summed E-state index contributed by atoms with van der Waals surface area (Å²) in [6.45, 7) is 2.43. The number of ketones is 1. The minimum absolute atomic E-state index is 0.00566. The summed E-state index contributed by atoms with van der Waals surface area (Å²) in [6, 6.07) is 8.27. The molecule has 4 rings (SSSR count). The highest BCUT2D eigenvalue weighted by molar-refractivity contribution is 5.88. The highest BCUT2D eigenvalue weighted by Crippen LogP contribution is 2.24. The average Bonchev–Trinajstić information content (AvgIpc) is 3.07. The lowest BCUT2D eigenvalue weighted by molar-refractivity contribution is -0.123. The fourth-order valence-corrected chi connectivity index (χ4v) is 3.55. The molecule has 1 aliphatic rings. The van der Waals surface area contributed by atoms with Crippen molar-refractivity contribution in [3.8, 4) is 11.1 Å². The van der Waals surface area contributed by atoms with E-state index in [0.717, 1.165) is 40.7 Å². The molecule has 0 spiro atoms. The highest BCUT2D eigenvalue weighted by atomic mass is 16.5. The minimum Gasteiger partial charge on any atom is -0.375 e. The fourth-order valence-electron chi connectivity index (χ4n) is 3.55. The summed E-state index contributed by atoms with van der Waals surface area (Å²) in [5.74, 6) is 0.172. The maximum Gasteiger partial charge on any atom is 0.141 e. The van der Waals surface area contributed by atoms with Gasteiger partial charge >= 0.3 is 0 Å². The molecule has 2 aromatic heterocycles. The highest BCUT2D eigenvalue weighted by Gasteiger charge is 2.21. The first-order valence-electron chi connectivity index (χ1n) is 9.26. The summed E-state index contributed by atoms with van der Waals surface area (Å²) in [5.41, 5.74) is 2.99. The number of rotatable bonds is 5. The zero-order valence-corrected chi connectivity index (χ0v) is 15.8. The quantitative estimate of drug-likeness (QED) is 0.696. The van der Waals surface area contributed by atoms with E-state index < -0.39 is 0 Å². The smallest absolute Gasteiger partial charge is 0.141 e. The van der Waals surface area contributed by atoms with Gasteiger partial charge in [0.2, 0.25) is 0 Å². The molecular weight excluding hydrogens is 340 g/mol. The first kappa shape index (κ1) is 17.8. The van der Waals surface area contributed by atoms with Crippen molar-refractivity contribution >= 4 is 16.6 Å². The Morgan fingerprint density at radius 2 is 2.07 bits per heavy atom. The first-order chi connectivity index (χ1) is 13.1. The third kappa shape index (κ3) is 4.23. The van der Waals surface area contributed by atoms with Crippen LogP contribution in [-0.2, 0) is 23.0 Å². The molecule has 0 saturated carbocycles. The molecule has 6 heteroatoms. The lowest BCUT2D eigenvalue weighted by atomic mass is 10.0. The number of ether oxygens (including phenoxy) is 1. The van der Waals surface area contributed by atoms with Gasteiger partial charge in [0.1, 0.15) is 5.78 Å². The van der Waals surface area contributed by atoms with Crippen molar-refractivity contribution in [2.24, 2.45) is 7.05 Å². The average molecular weight is 364 g/mol. The molecular formula is C21H24N4O2. The van der Waals surface area contributed by atoms with Crippen molar-refractivity contribution in [1.29, 1.82) is 0 Å². The van der Waals surface area contributed by atoms with Crippen LogP contribution in [0.4, 0.5) is 0 Å². The Hall–Kier alpha value is -2.57. The zero-order valence-electron chi connectivity index (χ0n) is 15.8. The second-order valence-electron chi connectivity index (χ2n) is 7.31. The van der Waals surface area contributed by atoms with Crippen LogP contribution in [-0.4, -0.2) is 58.3 Å². The molecule has 0 radical (unpaired) electrons. The number of carbonyl (C=O) groups is 1. The van der Waals surface area contributed by atoms with E-state index in [4.69, 9.17) is 4.74 Å².